The summed E-state index contributed by atoms with van der Waals surface area (Å²) in [7, 11) is -3.87. The molecule has 140 valence electrons. The Labute approximate surface area is 163 Å². The van der Waals surface area contributed by atoms with Crippen LogP contribution in [0, 0.1) is 0 Å². The Kier molecular flexibility index (Phi) is 9.20. The Hall–Kier alpha value is -0.830. The molecule has 3 N–H and O–H groups in total. The van der Waals surface area contributed by atoms with Crippen LogP contribution in [0.25, 0.3) is 0 Å². The molecule has 0 fully saturated rings. The van der Waals surface area contributed by atoms with Gasteiger partial charge in [-0.3, -0.25) is 4.79 Å². The number of hydrogen-bond acceptors (Lipinski definition) is 4. The Bertz CT molecular complexity index is 719. The van der Waals surface area contributed by atoms with Gasteiger partial charge < -0.3 is 10.6 Å². The zero-order valence-electron chi connectivity index (χ0n) is 13.3. The predicted molar refractivity (Wildman–Crippen MR) is 102 cm³/mol. The van der Waals surface area contributed by atoms with Gasteiger partial charge in [0, 0.05) is 26.1 Å². The summed E-state index contributed by atoms with van der Waals surface area (Å²) in [5.74, 6) is -0.220. The van der Waals surface area contributed by atoms with Crippen molar-refractivity contribution >= 4 is 51.5 Å². The fraction of sp³-hybridized carbons (Fsp3) is 0.400. The number of hydrogen-bond donors (Lipinski definition) is 3. The van der Waals surface area contributed by atoms with Crippen molar-refractivity contribution in [2.24, 2.45) is 0 Å². The predicted octanol–water partition coefficient (Wildman–Crippen LogP) is 2.12. The summed E-state index contributed by atoms with van der Waals surface area (Å²) in [5, 5.41) is 6.05. The molecule has 1 aromatic rings. The number of halogens is 3. The van der Waals surface area contributed by atoms with E-state index in [0.29, 0.717) is 6.54 Å². The van der Waals surface area contributed by atoms with E-state index in [1.807, 2.05) is 6.08 Å². The minimum Gasteiger partial charge on any atom is -0.352 e. The maximum atomic E-state index is 12.2. The van der Waals surface area contributed by atoms with Crippen LogP contribution in [0.2, 0.25) is 10.0 Å². The quantitative estimate of drug-likeness (QED) is 0.581. The summed E-state index contributed by atoms with van der Waals surface area (Å²) in [4.78, 5) is 11.6. The first-order valence-electron chi connectivity index (χ1n) is 7.49. The molecule has 10 heteroatoms. The standard InChI is InChI=1S/C15H19Cl2N3O3S.ClH/c16-12-2-1-3-13(17)15(12)24(22,23)20-9-6-14(21)19-10-11-4-7-18-8-5-11;/h1-4,18,20H,5-10H2,(H,19,21);1H. The number of amides is 1. The summed E-state index contributed by atoms with van der Waals surface area (Å²) in [6, 6.07) is 4.45. The number of nitrogens with one attached hydrogen (secondary N) is 3. The van der Waals surface area contributed by atoms with E-state index in [4.69, 9.17) is 23.2 Å². The van der Waals surface area contributed by atoms with Crippen LogP contribution in [-0.4, -0.2) is 40.5 Å². The van der Waals surface area contributed by atoms with E-state index in [0.717, 1.165) is 19.5 Å². The van der Waals surface area contributed by atoms with Crippen LogP contribution in [0.4, 0.5) is 0 Å². The number of rotatable bonds is 7. The van der Waals surface area contributed by atoms with Crippen LogP contribution in [0.15, 0.2) is 34.7 Å². The highest BCUT2D eigenvalue weighted by Crippen LogP contribution is 2.28. The number of sulfonamides is 1. The molecular weight excluding hydrogens is 409 g/mol. The van der Waals surface area contributed by atoms with Crippen molar-refractivity contribution in [2.75, 3.05) is 26.2 Å². The zero-order valence-corrected chi connectivity index (χ0v) is 16.5. The lowest BCUT2D eigenvalue weighted by molar-refractivity contribution is -0.120. The Morgan fingerprint density at radius 2 is 1.92 bits per heavy atom. The fourth-order valence-corrected chi connectivity index (χ4v) is 4.41. The molecule has 2 rings (SSSR count). The van der Waals surface area contributed by atoms with Crippen molar-refractivity contribution in [3.8, 4) is 0 Å². The average Bonchev–Trinajstić information content (AvgIpc) is 2.53. The van der Waals surface area contributed by atoms with Crippen molar-refractivity contribution in [3.05, 3.63) is 39.9 Å². The second kappa shape index (κ2) is 10.4. The minimum atomic E-state index is -3.87. The van der Waals surface area contributed by atoms with Crippen LogP contribution in [0.1, 0.15) is 12.8 Å². The molecule has 0 aromatic heterocycles. The lowest BCUT2D eigenvalue weighted by Crippen LogP contribution is -2.33. The summed E-state index contributed by atoms with van der Waals surface area (Å²) < 4.78 is 26.8. The lowest BCUT2D eigenvalue weighted by Gasteiger charge is -2.14. The maximum absolute atomic E-state index is 12.2. The second-order valence-electron chi connectivity index (χ2n) is 5.29. The Morgan fingerprint density at radius 3 is 2.52 bits per heavy atom. The van der Waals surface area contributed by atoms with Crippen LogP contribution in [-0.2, 0) is 14.8 Å². The molecular formula is C15H20Cl3N3O3S. The molecule has 0 saturated heterocycles. The number of carbonyl (C=O) groups is 1. The molecule has 1 heterocycles. The van der Waals surface area contributed by atoms with Crippen LogP contribution in [0.3, 0.4) is 0 Å². The number of carbonyl (C=O) groups excluding carboxylic acids is 1. The van der Waals surface area contributed by atoms with E-state index in [2.05, 4.69) is 15.4 Å². The summed E-state index contributed by atoms with van der Waals surface area (Å²) in [6.45, 7) is 2.17. The van der Waals surface area contributed by atoms with E-state index < -0.39 is 10.0 Å². The highest BCUT2D eigenvalue weighted by molar-refractivity contribution is 7.89. The van der Waals surface area contributed by atoms with Crippen LogP contribution >= 0.6 is 35.6 Å². The topological polar surface area (TPSA) is 87.3 Å². The zero-order chi connectivity index (χ0) is 17.6. The van der Waals surface area contributed by atoms with E-state index in [9.17, 15) is 13.2 Å². The van der Waals surface area contributed by atoms with Gasteiger partial charge in [-0.1, -0.05) is 40.9 Å². The molecule has 0 aliphatic carbocycles. The first-order valence-corrected chi connectivity index (χ1v) is 9.73. The molecule has 1 aliphatic heterocycles. The normalized spacial score (nSPS) is 14.4. The molecule has 6 nitrogen and oxygen atoms in total. The molecule has 0 radical (unpaired) electrons. The third-order valence-electron chi connectivity index (χ3n) is 3.50. The van der Waals surface area contributed by atoms with Gasteiger partial charge in [-0.05, 0) is 25.1 Å². The molecule has 0 bridgehead atoms. The third-order valence-corrected chi connectivity index (χ3v) is 5.92. The average molecular weight is 429 g/mol. The van der Waals surface area contributed by atoms with Gasteiger partial charge in [0.25, 0.3) is 0 Å². The lowest BCUT2D eigenvalue weighted by atomic mass is 10.1. The van der Waals surface area contributed by atoms with Gasteiger partial charge in [-0.2, -0.15) is 0 Å². The van der Waals surface area contributed by atoms with Gasteiger partial charge in [0.2, 0.25) is 15.9 Å². The van der Waals surface area contributed by atoms with Crippen molar-refractivity contribution < 1.29 is 13.2 Å². The SMILES string of the molecule is Cl.O=C(CCNS(=O)(=O)c1c(Cl)cccc1Cl)NCC1=CCNCC1. The van der Waals surface area contributed by atoms with E-state index in [1.165, 1.54) is 17.7 Å². The van der Waals surface area contributed by atoms with Crippen molar-refractivity contribution in [1.82, 2.24) is 15.4 Å². The molecule has 0 unspecified atom stereocenters. The summed E-state index contributed by atoms with van der Waals surface area (Å²) in [6.07, 6.45) is 2.98. The van der Waals surface area contributed by atoms with Crippen molar-refractivity contribution in [1.29, 1.82) is 0 Å². The highest BCUT2D eigenvalue weighted by atomic mass is 35.5. The van der Waals surface area contributed by atoms with E-state index >= 15 is 0 Å². The van der Waals surface area contributed by atoms with Crippen molar-refractivity contribution in [2.45, 2.75) is 17.7 Å². The first kappa shape index (κ1) is 22.2. The molecule has 1 amide bonds. The second-order valence-corrected chi connectivity index (χ2v) is 7.81. The first-order chi connectivity index (χ1) is 11.4. The van der Waals surface area contributed by atoms with Gasteiger partial charge in [-0.25, -0.2) is 13.1 Å². The highest BCUT2D eigenvalue weighted by Gasteiger charge is 2.21. The fourth-order valence-electron chi connectivity index (χ4n) is 2.24. The third kappa shape index (κ3) is 6.77. The monoisotopic (exact) mass is 427 g/mol. The molecule has 1 aliphatic rings. The Balaban J connectivity index is 0.00000312. The smallest absolute Gasteiger partial charge is 0.243 e. The van der Waals surface area contributed by atoms with Gasteiger partial charge in [0.1, 0.15) is 4.90 Å². The summed E-state index contributed by atoms with van der Waals surface area (Å²) >= 11 is 11.8. The van der Waals surface area contributed by atoms with Gasteiger partial charge in [0.05, 0.1) is 10.0 Å². The molecule has 25 heavy (non-hydrogen) atoms. The van der Waals surface area contributed by atoms with Crippen LogP contribution in [0.5, 0.6) is 0 Å². The molecule has 0 atom stereocenters. The van der Waals surface area contributed by atoms with Gasteiger partial charge in [0.15, 0.2) is 0 Å². The van der Waals surface area contributed by atoms with Crippen LogP contribution < -0.4 is 15.4 Å². The summed E-state index contributed by atoms with van der Waals surface area (Å²) in [5.41, 5.74) is 1.17. The molecule has 0 spiro atoms. The maximum Gasteiger partial charge on any atom is 0.243 e. The number of benzene rings is 1. The van der Waals surface area contributed by atoms with Gasteiger partial charge in [-0.15, -0.1) is 12.4 Å². The largest absolute Gasteiger partial charge is 0.352 e. The molecule has 0 saturated carbocycles. The van der Waals surface area contributed by atoms with Crippen molar-refractivity contribution in [3.63, 3.8) is 0 Å². The van der Waals surface area contributed by atoms with E-state index in [1.54, 1.807) is 6.07 Å². The minimum absolute atomic E-state index is 0. The van der Waals surface area contributed by atoms with Gasteiger partial charge >= 0.3 is 0 Å². The Morgan fingerprint density at radius 1 is 1.24 bits per heavy atom. The molecule has 1 aromatic carbocycles. The van der Waals surface area contributed by atoms with E-state index in [-0.39, 0.29) is 46.2 Å².